The molecular weight excluding hydrogens is 512 g/mol. The monoisotopic (exact) mass is 544 g/mol. The van der Waals surface area contributed by atoms with Crippen LogP contribution in [0, 0.1) is 5.41 Å². The topological polar surface area (TPSA) is 115 Å². The molecule has 0 bridgehead atoms. The minimum atomic E-state index is -0.791. The number of ether oxygens (including phenoxy) is 2. The molecule has 7 nitrogen and oxygen atoms in total. The molecule has 0 fully saturated rings. The number of rotatable bonds is 12. The van der Waals surface area contributed by atoms with Gasteiger partial charge in [0.1, 0.15) is 18.5 Å². The van der Waals surface area contributed by atoms with Gasteiger partial charge in [-0.15, -0.1) is 12.4 Å². The van der Waals surface area contributed by atoms with Crippen molar-refractivity contribution < 1.29 is 14.3 Å². The summed E-state index contributed by atoms with van der Waals surface area (Å²) in [5, 5.41) is 7.72. The van der Waals surface area contributed by atoms with Gasteiger partial charge < -0.3 is 25.8 Å². The number of carbonyl (C=O) groups excluding carboxylic acids is 1. The Labute approximate surface area is 235 Å². The first-order chi connectivity index (χ1) is 18.5. The summed E-state index contributed by atoms with van der Waals surface area (Å²) in [6, 6.07) is 31.7. The summed E-state index contributed by atoms with van der Waals surface area (Å²) >= 11 is 0. The molecule has 0 aromatic heterocycles. The van der Waals surface area contributed by atoms with Crippen LogP contribution in [0.3, 0.4) is 0 Å². The normalized spacial score (nSPS) is 11.1. The summed E-state index contributed by atoms with van der Waals surface area (Å²) in [6.45, 7) is 3.16. The second-order valence-corrected chi connectivity index (χ2v) is 8.79. The highest BCUT2D eigenvalue weighted by Gasteiger charge is 2.28. The van der Waals surface area contributed by atoms with Crippen molar-refractivity contribution in [2.75, 3.05) is 11.5 Å². The first-order valence-corrected chi connectivity index (χ1v) is 12.4. The smallest absolute Gasteiger partial charge is 0.244 e. The number of nitrogen functional groups attached to an aromatic ring is 1. The summed E-state index contributed by atoms with van der Waals surface area (Å²) < 4.78 is 12.0. The molecule has 1 unspecified atom stereocenters. The minimum absolute atomic E-state index is 0. The molecule has 4 aromatic carbocycles. The average molecular weight is 545 g/mol. The Kier molecular flexibility index (Phi) is 10.3. The number of amidine groups is 1. The van der Waals surface area contributed by atoms with E-state index in [0.717, 1.165) is 16.8 Å². The number of halogens is 1. The summed E-state index contributed by atoms with van der Waals surface area (Å²) in [4.78, 5) is 14.9. The van der Waals surface area contributed by atoms with E-state index in [1.807, 2.05) is 103 Å². The number of primary amides is 1. The number of carbonyl (C=O) groups is 1. The fourth-order valence-corrected chi connectivity index (χ4v) is 4.26. The lowest BCUT2D eigenvalue weighted by Crippen LogP contribution is -2.37. The first-order valence-electron chi connectivity index (χ1n) is 12.4. The lowest BCUT2D eigenvalue weighted by atomic mass is 10.0. The average Bonchev–Trinajstić information content (AvgIpc) is 2.93. The molecule has 0 saturated carbocycles. The molecule has 0 aliphatic rings. The van der Waals surface area contributed by atoms with Crippen molar-refractivity contribution in [1.29, 1.82) is 5.41 Å². The highest BCUT2D eigenvalue weighted by molar-refractivity contribution is 5.95. The Morgan fingerprint density at radius 3 is 2.00 bits per heavy atom. The number of nitrogens with two attached hydrogens (primary N) is 2. The molecule has 1 amide bonds. The van der Waals surface area contributed by atoms with Gasteiger partial charge >= 0.3 is 0 Å². The van der Waals surface area contributed by atoms with Gasteiger partial charge in [-0.05, 0) is 60.0 Å². The highest BCUT2D eigenvalue weighted by Crippen LogP contribution is 2.35. The summed E-state index contributed by atoms with van der Waals surface area (Å²) in [6.07, 6.45) is 0. The fourth-order valence-electron chi connectivity index (χ4n) is 4.26. The van der Waals surface area contributed by atoms with Gasteiger partial charge in [-0.2, -0.15) is 0 Å². The molecule has 0 heterocycles. The van der Waals surface area contributed by atoms with Gasteiger partial charge in [0.25, 0.3) is 0 Å². The second-order valence-electron chi connectivity index (χ2n) is 8.79. The highest BCUT2D eigenvalue weighted by atomic mass is 35.5. The maximum Gasteiger partial charge on any atom is 0.244 e. The predicted octanol–water partition coefficient (Wildman–Crippen LogP) is 5.60. The number of amides is 1. The van der Waals surface area contributed by atoms with Crippen molar-refractivity contribution in [2.45, 2.75) is 26.1 Å². The Morgan fingerprint density at radius 1 is 0.821 bits per heavy atom. The molecule has 0 saturated heterocycles. The maximum absolute atomic E-state index is 13.0. The van der Waals surface area contributed by atoms with Crippen LogP contribution in [0.2, 0.25) is 0 Å². The van der Waals surface area contributed by atoms with E-state index in [1.54, 1.807) is 12.1 Å². The van der Waals surface area contributed by atoms with Crippen molar-refractivity contribution in [1.82, 2.24) is 0 Å². The van der Waals surface area contributed by atoms with Gasteiger partial charge in [0, 0.05) is 17.8 Å². The molecule has 8 heteroatoms. The maximum atomic E-state index is 13.0. The van der Waals surface area contributed by atoms with E-state index in [9.17, 15) is 4.79 Å². The molecule has 4 rings (SSSR count). The molecule has 202 valence electrons. The SMILES string of the molecule is CCOc1cc(C(C(N)=O)N(Cc2ccccc2)c2ccc(C(=N)N)cc2)ccc1OCc1ccccc1.Cl. The van der Waals surface area contributed by atoms with E-state index >= 15 is 0 Å². The Hall–Kier alpha value is -4.49. The van der Waals surface area contributed by atoms with Gasteiger partial charge in [-0.3, -0.25) is 10.2 Å². The van der Waals surface area contributed by atoms with Crippen LogP contribution < -0.4 is 25.8 Å². The van der Waals surface area contributed by atoms with Crippen LogP contribution in [0.5, 0.6) is 11.5 Å². The predicted molar refractivity (Wildman–Crippen MR) is 158 cm³/mol. The molecule has 0 spiro atoms. The van der Waals surface area contributed by atoms with Crippen molar-refractivity contribution in [3.63, 3.8) is 0 Å². The summed E-state index contributed by atoms with van der Waals surface area (Å²) in [7, 11) is 0. The number of nitrogens with one attached hydrogen (secondary N) is 1. The van der Waals surface area contributed by atoms with Gasteiger partial charge in [-0.1, -0.05) is 66.7 Å². The number of hydrogen-bond donors (Lipinski definition) is 3. The lowest BCUT2D eigenvalue weighted by Gasteiger charge is -2.32. The van der Waals surface area contributed by atoms with Crippen LogP contribution in [0.4, 0.5) is 5.69 Å². The van der Waals surface area contributed by atoms with Crippen LogP contribution in [0.15, 0.2) is 103 Å². The molecule has 0 aliphatic heterocycles. The molecule has 1 atom stereocenters. The molecular formula is C31H33ClN4O3. The van der Waals surface area contributed by atoms with E-state index < -0.39 is 11.9 Å². The zero-order chi connectivity index (χ0) is 26.9. The zero-order valence-electron chi connectivity index (χ0n) is 21.7. The fraction of sp³-hybridized carbons (Fsp3) is 0.161. The van der Waals surface area contributed by atoms with Crippen LogP contribution in [-0.4, -0.2) is 18.3 Å². The third-order valence-electron chi connectivity index (χ3n) is 6.11. The lowest BCUT2D eigenvalue weighted by molar-refractivity contribution is -0.119. The molecule has 4 aromatic rings. The van der Waals surface area contributed by atoms with E-state index in [-0.39, 0.29) is 18.2 Å². The van der Waals surface area contributed by atoms with E-state index in [0.29, 0.717) is 42.4 Å². The van der Waals surface area contributed by atoms with Crippen LogP contribution in [-0.2, 0) is 17.9 Å². The number of hydrogen-bond acceptors (Lipinski definition) is 5. The summed E-state index contributed by atoms with van der Waals surface area (Å²) in [5.41, 5.74) is 15.8. The van der Waals surface area contributed by atoms with Crippen LogP contribution in [0.1, 0.15) is 35.2 Å². The first kappa shape index (κ1) is 29.1. The van der Waals surface area contributed by atoms with Crippen molar-refractivity contribution in [3.8, 4) is 11.5 Å². The van der Waals surface area contributed by atoms with Crippen LogP contribution >= 0.6 is 12.4 Å². The quantitative estimate of drug-likeness (QED) is 0.158. The van der Waals surface area contributed by atoms with E-state index in [1.165, 1.54) is 0 Å². The minimum Gasteiger partial charge on any atom is -0.490 e. The third kappa shape index (κ3) is 7.52. The number of benzene rings is 4. The zero-order valence-corrected chi connectivity index (χ0v) is 22.6. The molecule has 0 radical (unpaired) electrons. The molecule has 5 N–H and O–H groups in total. The van der Waals surface area contributed by atoms with Gasteiger partial charge in [0.05, 0.1) is 6.61 Å². The Balaban J connectivity index is 0.00000420. The third-order valence-corrected chi connectivity index (χ3v) is 6.11. The van der Waals surface area contributed by atoms with Crippen molar-refractivity contribution in [3.05, 3.63) is 125 Å². The van der Waals surface area contributed by atoms with Gasteiger partial charge in [0.15, 0.2) is 11.5 Å². The summed E-state index contributed by atoms with van der Waals surface area (Å²) in [5.74, 6) is 0.601. The molecule has 39 heavy (non-hydrogen) atoms. The van der Waals surface area contributed by atoms with Crippen LogP contribution in [0.25, 0.3) is 0 Å². The van der Waals surface area contributed by atoms with E-state index in [2.05, 4.69) is 0 Å². The van der Waals surface area contributed by atoms with Crippen molar-refractivity contribution >= 4 is 29.8 Å². The Bertz CT molecular complexity index is 1370. The number of anilines is 1. The second kappa shape index (κ2) is 13.9. The largest absolute Gasteiger partial charge is 0.490 e. The number of nitrogens with zero attached hydrogens (tertiary/aromatic N) is 1. The molecule has 0 aliphatic carbocycles. The van der Waals surface area contributed by atoms with E-state index in [4.69, 9.17) is 26.4 Å². The van der Waals surface area contributed by atoms with Crippen molar-refractivity contribution in [2.24, 2.45) is 11.5 Å². The Morgan fingerprint density at radius 2 is 1.44 bits per heavy atom. The van der Waals surface area contributed by atoms with Gasteiger partial charge in [0.2, 0.25) is 5.91 Å². The van der Waals surface area contributed by atoms with Gasteiger partial charge in [-0.25, -0.2) is 0 Å². The standard InChI is InChI=1S/C31H32N4O3.ClH/c1-2-37-28-19-25(15-18-27(28)38-21-23-11-7-4-8-12-23)29(31(34)36)35(20-22-9-5-3-6-10-22)26-16-13-24(14-17-26)30(32)33;/h3-19,29H,2,20-21H2,1H3,(H3,32,33)(H2,34,36);1H.